The molecule has 0 aliphatic carbocycles. The Hall–Kier alpha value is -2.30. The average molecular weight is 562 g/mol. The minimum atomic E-state index is -1.35. The van der Waals surface area contributed by atoms with Gasteiger partial charge in [0.1, 0.15) is 35.6 Å². The van der Waals surface area contributed by atoms with E-state index in [1.807, 2.05) is 48.7 Å². The number of aliphatic hydroxyl groups is 1. The normalized spacial score (nSPS) is 22.8. The molecule has 5 rings (SSSR count). The van der Waals surface area contributed by atoms with Gasteiger partial charge < -0.3 is 23.9 Å². The molecule has 0 unspecified atom stereocenters. The van der Waals surface area contributed by atoms with Gasteiger partial charge in [0.05, 0.1) is 17.0 Å². The van der Waals surface area contributed by atoms with Crippen molar-refractivity contribution in [2.45, 2.75) is 51.9 Å². The summed E-state index contributed by atoms with van der Waals surface area (Å²) in [6.45, 7) is 7.52. The van der Waals surface area contributed by atoms with Gasteiger partial charge in [-0.2, -0.15) is 0 Å². The Balaban J connectivity index is 1.43. The van der Waals surface area contributed by atoms with Crippen molar-refractivity contribution in [3.8, 4) is 5.75 Å². The highest BCUT2D eigenvalue weighted by molar-refractivity contribution is 9.10. The molecule has 0 spiro atoms. The largest absolute Gasteiger partial charge is 0.491 e. The summed E-state index contributed by atoms with van der Waals surface area (Å²) in [6.07, 6.45) is 1.90. The zero-order chi connectivity index (χ0) is 24.9. The molecule has 10 heteroatoms. The lowest BCUT2D eigenvalue weighted by atomic mass is 10.00. The number of hydrogen-bond donors (Lipinski definition) is 1. The summed E-state index contributed by atoms with van der Waals surface area (Å²) in [4.78, 5) is 13.0. The maximum atomic E-state index is 10.5. The molecule has 4 atom stereocenters. The summed E-state index contributed by atoms with van der Waals surface area (Å²) in [5.41, 5.74) is 2.40. The molecule has 1 saturated heterocycles. The highest BCUT2D eigenvalue weighted by atomic mass is 79.9. The van der Waals surface area contributed by atoms with Crippen LogP contribution in [-0.2, 0) is 9.47 Å². The van der Waals surface area contributed by atoms with E-state index in [9.17, 15) is 5.11 Å². The van der Waals surface area contributed by atoms with Gasteiger partial charge >= 0.3 is 0 Å². The number of hydrogen-bond acceptors (Lipinski definition) is 7. The molecule has 0 saturated carbocycles. The number of halogens is 2. The van der Waals surface area contributed by atoms with Crippen LogP contribution in [0, 0.1) is 12.8 Å². The van der Waals surface area contributed by atoms with Crippen molar-refractivity contribution in [3.63, 3.8) is 0 Å². The number of aromatic nitrogens is 4. The van der Waals surface area contributed by atoms with Crippen molar-refractivity contribution in [1.82, 2.24) is 19.5 Å². The van der Waals surface area contributed by atoms with Crippen LogP contribution in [0.1, 0.15) is 32.7 Å². The number of nitrogens with zero attached hydrogens (tertiary/aromatic N) is 4. The van der Waals surface area contributed by atoms with E-state index in [2.05, 4.69) is 30.9 Å². The number of fused-ring (bicyclic) bond motifs is 2. The van der Waals surface area contributed by atoms with Crippen molar-refractivity contribution < 1.29 is 19.3 Å². The zero-order valence-electron chi connectivity index (χ0n) is 19.8. The molecule has 3 aromatic heterocycles. The third kappa shape index (κ3) is 4.88. The lowest BCUT2D eigenvalue weighted by Gasteiger charge is -2.30. The molecule has 0 radical (unpaired) electrons. The highest BCUT2D eigenvalue weighted by Crippen LogP contribution is 2.41. The summed E-state index contributed by atoms with van der Waals surface area (Å²) in [5, 5.41) is 12.6. The Kier molecular flexibility index (Phi) is 6.48. The SMILES string of the molecule is Cc1cc2c(Cl)ncnc2n1[C@@H]1O[C@H](COc2ccc3cc(Br)cnc3c2)[C@@H](C)[C@H]1OC(C)(C)O. The van der Waals surface area contributed by atoms with Gasteiger partial charge in [-0.15, -0.1) is 0 Å². The number of aryl methyl sites for hydroxylation is 1. The lowest BCUT2D eigenvalue weighted by Crippen LogP contribution is -2.37. The zero-order valence-corrected chi connectivity index (χ0v) is 22.1. The summed E-state index contributed by atoms with van der Waals surface area (Å²) >= 11 is 9.76. The number of pyridine rings is 1. The summed E-state index contributed by atoms with van der Waals surface area (Å²) in [6, 6.07) is 9.74. The maximum Gasteiger partial charge on any atom is 0.162 e. The minimum Gasteiger partial charge on any atom is -0.491 e. The van der Waals surface area contributed by atoms with Crippen LogP contribution in [0.25, 0.3) is 21.9 Å². The Morgan fingerprint density at radius 2 is 2.00 bits per heavy atom. The van der Waals surface area contributed by atoms with Gasteiger partial charge in [-0.05, 0) is 61.0 Å². The van der Waals surface area contributed by atoms with Gasteiger partial charge in [-0.1, -0.05) is 18.5 Å². The number of rotatable bonds is 6. The molecule has 1 aromatic carbocycles. The van der Waals surface area contributed by atoms with Crippen LogP contribution in [0.3, 0.4) is 0 Å². The molecule has 4 aromatic rings. The van der Waals surface area contributed by atoms with Crippen LogP contribution in [0.2, 0.25) is 5.15 Å². The van der Waals surface area contributed by atoms with Crippen molar-refractivity contribution in [1.29, 1.82) is 0 Å². The maximum absolute atomic E-state index is 10.5. The molecule has 0 amide bonds. The van der Waals surface area contributed by atoms with Crippen molar-refractivity contribution >= 4 is 49.5 Å². The molecular formula is C25H26BrClN4O4. The minimum absolute atomic E-state index is 0.0879. The molecule has 1 aliphatic heterocycles. The second kappa shape index (κ2) is 9.29. The van der Waals surface area contributed by atoms with E-state index in [1.165, 1.54) is 6.33 Å². The van der Waals surface area contributed by atoms with Crippen LogP contribution in [0.4, 0.5) is 0 Å². The first kappa shape index (κ1) is 24.4. The van der Waals surface area contributed by atoms with Gasteiger partial charge in [-0.3, -0.25) is 4.98 Å². The van der Waals surface area contributed by atoms with Crippen LogP contribution < -0.4 is 4.74 Å². The summed E-state index contributed by atoms with van der Waals surface area (Å²) in [5.74, 6) is -0.735. The standard InChI is InChI=1S/C25H26BrClN4O4/c1-13-7-18-22(27)29-12-30-23(18)31(13)24-21(35-25(3,4)32)14(2)20(34-24)11-33-17-6-5-15-8-16(26)10-28-19(15)9-17/h5-10,12,14,20-21,24,32H,11H2,1-4H3/t14-,20-,21-,24-/m1/s1. The second-order valence-electron chi connectivity index (χ2n) is 9.33. The van der Waals surface area contributed by atoms with E-state index in [0.29, 0.717) is 23.2 Å². The lowest BCUT2D eigenvalue weighted by molar-refractivity contribution is -0.227. The van der Waals surface area contributed by atoms with Crippen LogP contribution in [0.5, 0.6) is 5.75 Å². The van der Waals surface area contributed by atoms with Crippen molar-refractivity contribution in [2.75, 3.05) is 6.61 Å². The van der Waals surface area contributed by atoms with Gasteiger partial charge in [-0.25, -0.2) is 9.97 Å². The Labute approximate surface area is 216 Å². The molecule has 1 fully saturated rings. The van der Waals surface area contributed by atoms with E-state index in [4.69, 9.17) is 25.8 Å². The Bertz CT molecular complexity index is 1390. The Morgan fingerprint density at radius 3 is 2.77 bits per heavy atom. The second-order valence-corrected chi connectivity index (χ2v) is 10.6. The fraction of sp³-hybridized carbons (Fsp3) is 0.400. The third-order valence-electron chi connectivity index (χ3n) is 6.19. The smallest absolute Gasteiger partial charge is 0.162 e. The molecule has 1 N–H and O–H groups in total. The molecular weight excluding hydrogens is 536 g/mol. The fourth-order valence-corrected chi connectivity index (χ4v) is 5.07. The number of ether oxygens (including phenoxy) is 3. The fourth-order valence-electron chi connectivity index (χ4n) is 4.54. The van der Waals surface area contributed by atoms with E-state index in [0.717, 1.165) is 26.5 Å². The molecule has 184 valence electrons. The van der Waals surface area contributed by atoms with E-state index >= 15 is 0 Å². The molecule has 1 aliphatic rings. The third-order valence-corrected chi connectivity index (χ3v) is 6.93. The average Bonchev–Trinajstić information content (AvgIpc) is 3.28. The van der Waals surface area contributed by atoms with Crippen molar-refractivity contribution in [2.24, 2.45) is 5.92 Å². The summed E-state index contributed by atoms with van der Waals surface area (Å²) in [7, 11) is 0. The van der Waals surface area contributed by atoms with Gasteiger partial charge in [0.2, 0.25) is 0 Å². The van der Waals surface area contributed by atoms with E-state index < -0.39 is 18.1 Å². The number of benzene rings is 1. The monoisotopic (exact) mass is 560 g/mol. The van der Waals surface area contributed by atoms with E-state index in [-0.39, 0.29) is 12.0 Å². The Morgan fingerprint density at radius 1 is 1.20 bits per heavy atom. The predicted octanol–water partition coefficient (Wildman–Crippen LogP) is 5.43. The van der Waals surface area contributed by atoms with Gasteiger partial charge in [0.15, 0.2) is 12.0 Å². The first-order valence-corrected chi connectivity index (χ1v) is 12.5. The van der Waals surface area contributed by atoms with Crippen molar-refractivity contribution in [3.05, 3.63) is 58.2 Å². The molecule has 35 heavy (non-hydrogen) atoms. The summed E-state index contributed by atoms with van der Waals surface area (Å²) < 4.78 is 21.6. The van der Waals surface area contributed by atoms with Crippen LogP contribution >= 0.6 is 27.5 Å². The predicted molar refractivity (Wildman–Crippen MR) is 136 cm³/mol. The highest BCUT2D eigenvalue weighted by Gasteiger charge is 2.47. The molecule has 0 bridgehead atoms. The first-order chi connectivity index (χ1) is 16.6. The first-order valence-electron chi connectivity index (χ1n) is 11.3. The molecule has 4 heterocycles. The molecule has 8 nitrogen and oxygen atoms in total. The van der Waals surface area contributed by atoms with Crippen LogP contribution in [-0.4, -0.2) is 49.2 Å². The van der Waals surface area contributed by atoms with Gasteiger partial charge in [0.25, 0.3) is 0 Å². The quantitative estimate of drug-likeness (QED) is 0.248. The van der Waals surface area contributed by atoms with E-state index in [1.54, 1.807) is 20.0 Å². The topological polar surface area (TPSA) is 91.5 Å². The van der Waals surface area contributed by atoms with Gasteiger partial charge in [0, 0.05) is 33.7 Å². The van der Waals surface area contributed by atoms with Crippen LogP contribution in [0.15, 0.2) is 47.3 Å².